The number of nitrogens with one attached hydrogen (secondary N) is 1. The van der Waals surface area contributed by atoms with E-state index in [1.165, 1.54) is 25.7 Å². The Morgan fingerprint density at radius 1 is 1.33 bits per heavy atom. The summed E-state index contributed by atoms with van der Waals surface area (Å²) in [5.74, 6) is 0.353. The van der Waals surface area contributed by atoms with Crippen LogP contribution in [0.15, 0.2) is 0 Å². The highest BCUT2D eigenvalue weighted by molar-refractivity contribution is 5.83. The van der Waals surface area contributed by atoms with Gasteiger partial charge in [-0.2, -0.15) is 0 Å². The summed E-state index contributed by atoms with van der Waals surface area (Å²) in [7, 11) is 0. The summed E-state index contributed by atoms with van der Waals surface area (Å²) in [6.07, 6.45) is 7.13. The molecule has 1 saturated carbocycles. The van der Waals surface area contributed by atoms with E-state index in [9.17, 15) is 4.79 Å². The molecule has 0 bridgehead atoms. The Morgan fingerprint density at radius 3 is 2.78 bits per heavy atom. The number of amides is 1. The van der Waals surface area contributed by atoms with Crippen LogP contribution >= 0.6 is 0 Å². The average Bonchev–Trinajstić information content (AvgIpc) is 2.31. The predicted octanol–water partition coefficient (Wildman–Crippen LogP) is 2.56. The molecule has 2 unspecified atom stereocenters. The van der Waals surface area contributed by atoms with Crippen molar-refractivity contribution in [3.8, 4) is 0 Å². The normalized spacial score (nSPS) is 32.6. The molecule has 0 spiro atoms. The van der Waals surface area contributed by atoms with Crippen LogP contribution < -0.4 is 5.32 Å². The largest absolute Gasteiger partial charge is 0.338 e. The molecular weight excluding hydrogens is 224 g/mol. The van der Waals surface area contributed by atoms with Crippen LogP contribution in [0.1, 0.15) is 59.3 Å². The first kappa shape index (κ1) is 13.9. The average molecular weight is 252 g/mol. The second kappa shape index (κ2) is 5.60. The monoisotopic (exact) mass is 252 g/mol. The fourth-order valence-corrected chi connectivity index (χ4v) is 3.62. The minimum atomic E-state index is 0.0776. The molecule has 1 amide bonds. The number of hydrogen-bond donors (Lipinski definition) is 1. The summed E-state index contributed by atoms with van der Waals surface area (Å²) in [4.78, 5) is 14.7. The highest BCUT2D eigenvalue weighted by Gasteiger charge is 2.37. The Kier molecular flexibility index (Phi) is 4.31. The lowest BCUT2D eigenvalue weighted by atomic mass is 9.74. The van der Waals surface area contributed by atoms with E-state index in [0.29, 0.717) is 17.4 Å². The number of likely N-dealkylation sites (N-methyl/N-ethyl adjacent to an activating group) is 1. The van der Waals surface area contributed by atoms with E-state index in [-0.39, 0.29) is 6.04 Å². The van der Waals surface area contributed by atoms with E-state index < -0.39 is 0 Å². The predicted molar refractivity (Wildman–Crippen MR) is 74.4 cm³/mol. The molecule has 2 atom stereocenters. The van der Waals surface area contributed by atoms with Crippen molar-refractivity contribution in [3.05, 3.63) is 0 Å². The van der Waals surface area contributed by atoms with Gasteiger partial charge in [-0.25, -0.2) is 0 Å². The summed E-state index contributed by atoms with van der Waals surface area (Å²) in [5, 5.41) is 3.33. The van der Waals surface area contributed by atoms with E-state index in [0.717, 1.165) is 25.9 Å². The number of hydrogen-bond acceptors (Lipinski definition) is 2. The van der Waals surface area contributed by atoms with Gasteiger partial charge in [0.1, 0.15) is 0 Å². The fraction of sp³-hybridized carbons (Fsp3) is 0.933. The van der Waals surface area contributed by atoms with Crippen molar-refractivity contribution < 1.29 is 4.79 Å². The van der Waals surface area contributed by atoms with Crippen molar-refractivity contribution in [2.75, 3.05) is 13.1 Å². The third kappa shape index (κ3) is 3.05. The van der Waals surface area contributed by atoms with Crippen LogP contribution in [0.4, 0.5) is 0 Å². The molecule has 1 aliphatic carbocycles. The highest BCUT2D eigenvalue weighted by atomic mass is 16.2. The quantitative estimate of drug-likeness (QED) is 0.837. The first-order valence-electron chi connectivity index (χ1n) is 7.57. The maximum Gasteiger partial charge on any atom is 0.239 e. The maximum absolute atomic E-state index is 12.5. The molecule has 1 N–H and O–H groups in total. The summed E-state index contributed by atoms with van der Waals surface area (Å²) < 4.78 is 0. The first-order valence-corrected chi connectivity index (χ1v) is 7.57. The van der Waals surface area contributed by atoms with Crippen molar-refractivity contribution in [2.24, 2.45) is 5.41 Å². The van der Waals surface area contributed by atoms with Gasteiger partial charge in [0, 0.05) is 12.6 Å². The topological polar surface area (TPSA) is 32.3 Å². The number of carbonyl (C=O) groups is 1. The fourth-order valence-electron chi connectivity index (χ4n) is 3.62. The number of rotatable bonds is 3. The Hall–Kier alpha value is -0.570. The molecule has 1 aliphatic heterocycles. The van der Waals surface area contributed by atoms with Crippen LogP contribution in [-0.4, -0.2) is 36.0 Å². The van der Waals surface area contributed by atoms with Gasteiger partial charge in [-0.05, 0) is 44.1 Å². The van der Waals surface area contributed by atoms with Crippen molar-refractivity contribution in [1.29, 1.82) is 0 Å². The number of piperidine rings is 1. The van der Waals surface area contributed by atoms with Gasteiger partial charge in [0.15, 0.2) is 0 Å². The van der Waals surface area contributed by atoms with E-state index >= 15 is 0 Å². The molecular formula is C15H28N2O. The molecule has 0 aromatic carbocycles. The summed E-state index contributed by atoms with van der Waals surface area (Å²) in [6.45, 7) is 8.63. The zero-order valence-electron chi connectivity index (χ0n) is 12.2. The Labute approximate surface area is 111 Å². The van der Waals surface area contributed by atoms with E-state index in [1.54, 1.807) is 0 Å². The van der Waals surface area contributed by atoms with E-state index in [1.807, 2.05) is 0 Å². The molecule has 2 fully saturated rings. The second-order valence-corrected chi connectivity index (χ2v) is 6.70. The lowest BCUT2D eigenvalue weighted by Gasteiger charge is -2.44. The van der Waals surface area contributed by atoms with Gasteiger partial charge in [0.05, 0.1) is 6.04 Å². The number of likely N-dealkylation sites (tertiary alicyclic amines) is 1. The van der Waals surface area contributed by atoms with Crippen molar-refractivity contribution in [1.82, 2.24) is 10.2 Å². The summed E-state index contributed by atoms with van der Waals surface area (Å²) in [6, 6.07) is 0.566. The maximum atomic E-state index is 12.5. The molecule has 0 radical (unpaired) electrons. The Bertz CT molecular complexity index is 299. The van der Waals surface area contributed by atoms with Gasteiger partial charge >= 0.3 is 0 Å². The van der Waals surface area contributed by atoms with Gasteiger partial charge in [-0.1, -0.05) is 27.2 Å². The number of nitrogens with zero attached hydrogens (tertiary/aromatic N) is 1. The van der Waals surface area contributed by atoms with Crippen LogP contribution in [0.2, 0.25) is 0 Å². The second-order valence-electron chi connectivity index (χ2n) is 6.70. The zero-order valence-corrected chi connectivity index (χ0v) is 12.2. The highest BCUT2D eigenvalue weighted by Crippen LogP contribution is 2.38. The molecule has 3 nitrogen and oxygen atoms in total. The third-order valence-corrected chi connectivity index (χ3v) is 4.54. The standard InChI is InChI=1S/C15H28N2O/c1-4-16-13-8-6-10-17(14(13)18)12-7-5-9-15(2,3)11-12/h12-13,16H,4-11H2,1-3H3. The molecule has 2 aliphatic rings. The van der Waals surface area contributed by atoms with Crippen LogP contribution in [-0.2, 0) is 4.79 Å². The van der Waals surface area contributed by atoms with Crippen molar-refractivity contribution in [2.45, 2.75) is 71.4 Å². The molecule has 2 rings (SSSR count). The minimum absolute atomic E-state index is 0.0776. The SMILES string of the molecule is CCNC1CCCN(C2CCCC(C)(C)C2)C1=O. The van der Waals surface area contributed by atoms with Gasteiger partial charge < -0.3 is 10.2 Å². The van der Waals surface area contributed by atoms with Crippen LogP contribution in [0.5, 0.6) is 0 Å². The van der Waals surface area contributed by atoms with Crippen molar-refractivity contribution in [3.63, 3.8) is 0 Å². The molecule has 3 heteroatoms. The van der Waals surface area contributed by atoms with Crippen molar-refractivity contribution >= 4 is 5.91 Å². The Balaban J connectivity index is 2.01. The van der Waals surface area contributed by atoms with Crippen LogP contribution in [0.25, 0.3) is 0 Å². The Morgan fingerprint density at radius 2 is 2.11 bits per heavy atom. The van der Waals surface area contributed by atoms with Gasteiger partial charge in [-0.3, -0.25) is 4.79 Å². The lowest BCUT2D eigenvalue weighted by Crippen LogP contribution is -2.55. The molecule has 1 saturated heterocycles. The summed E-state index contributed by atoms with van der Waals surface area (Å²) in [5.41, 5.74) is 0.411. The van der Waals surface area contributed by atoms with Gasteiger partial charge in [-0.15, -0.1) is 0 Å². The molecule has 18 heavy (non-hydrogen) atoms. The van der Waals surface area contributed by atoms with E-state index in [4.69, 9.17) is 0 Å². The molecule has 0 aromatic heterocycles. The van der Waals surface area contributed by atoms with Gasteiger partial charge in [0.25, 0.3) is 0 Å². The van der Waals surface area contributed by atoms with Crippen LogP contribution in [0.3, 0.4) is 0 Å². The molecule has 0 aromatic rings. The van der Waals surface area contributed by atoms with Gasteiger partial charge in [0.2, 0.25) is 5.91 Å². The van der Waals surface area contributed by atoms with Crippen LogP contribution in [0, 0.1) is 5.41 Å². The molecule has 1 heterocycles. The lowest BCUT2D eigenvalue weighted by molar-refractivity contribution is -0.140. The third-order valence-electron chi connectivity index (χ3n) is 4.54. The smallest absolute Gasteiger partial charge is 0.239 e. The number of carbonyl (C=O) groups excluding carboxylic acids is 1. The zero-order chi connectivity index (χ0) is 13.2. The molecule has 104 valence electrons. The summed E-state index contributed by atoms with van der Waals surface area (Å²) >= 11 is 0. The minimum Gasteiger partial charge on any atom is -0.338 e. The first-order chi connectivity index (χ1) is 8.53. The van der Waals surface area contributed by atoms with E-state index in [2.05, 4.69) is 31.0 Å².